The van der Waals surface area contributed by atoms with Gasteiger partial charge < -0.3 is 9.88 Å². The summed E-state index contributed by atoms with van der Waals surface area (Å²) in [6, 6.07) is 15.8. The van der Waals surface area contributed by atoms with Crippen molar-refractivity contribution in [3.8, 4) is 22.5 Å². The third kappa shape index (κ3) is 4.46. The van der Waals surface area contributed by atoms with Crippen LogP contribution < -0.4 is 5.32 Å². The predicted octanol–water partition coefficient (Wildman–Crippen LogP) is 5.89. The summed E-state index contributed by atoms with van der Waals surface area (Å²) >= 11 is 0. The van der Waals surface area contributed by atoms with Gasteiger partial charge in [0, 0.05) is 46.9 Å². The van der Waals surface area contributed by atoms with Gasteiger partial charge >= 0.3 is 0 Å². The lowest BCUT2D eigenvalue weighted by molar-refractivity contribution is 0.102. The average Bonchev–Trinajstić information content (AvgIpc) is 3.33. The van der Waals surface area contributed by atoms with Crippen molar-refractivity contribution < 1.29 is 4.79 Å². The van der Waals surface area contributed by atoms with E-state index in [0.717, 1.165) is 34.6 Å². The summed E-state index contributed by atoms with van der Waals surface area (Å²) in [6.07, 6.45) is 10.0. The highest BCUT2D eigenvalue weighted by Crippen LogP contribution is 2.35. The number of hydrogen-bond acceptors (Lipinski definition) is 5. The lowest BCUT2D eigenvalue weighted by atomic mass is 9.82. The Morgan fingerprint density at radius 2 is 1.97 bits per heavy atom. The van der Waals surface area contributed by atoms with E-state index in [-0.39, 0.29) is 11.9 Å². The molecular formula is C27H28N6O. The van der Waals surface area contributed by atoms with E-state index in [9.17, 15) is 4.79 Å². The number of benzene rings is 1. The van der Waals surface area contributed by atoms with Crippen molar-refractivity contribution in [2.75, 3.05) is 5.32 Å². The molecular weight excluding hydrogens is 424 g/mol. The summed E-state index contributed by atoms with van der Waals surface area (Å²) in [7, 11) is 0. The Morgan fingerprint density at radius 1 is 1.09 bits per heavy atom. The molecule has 0 bridgehead atoms. The molecule has 0 unspecified atom stereocenters. The molecule has 34 heavy (non-hydrogen) atoms. The Labute approximate surface area is 199 Å². The van der Waals surface area contributed by atoms with Crippen molar-refractivity contribution in [1.82, 2.24) is 24.7 Å². The van der Waals surface area contributed by atoms with Gasteiger partial charge in [0.2, 0.25) is 0 Å². The zero-order chi connectivity index (χ0) is 23.5. The predicted molar refractivity (Wildman–Crippen MR) is 132 cm³/mol. The minimum atomic E-state index is -0.263. The van der Waals surface area contributed by atoms with Crippen molar-refractivity contribution in [3.05, 3.63) is 78.6 Å². The Hall–Kier alpha value is -3.87. The van der Waals surface area contributed by atoms with E-state index in [1.165, 1.54) is 19.3 Å². The number of nitrogens with one attached hydrogen (secondary N) is 1. The van der Waals surface area contributed by atoms with Gasteiger partial charge in [-0.25, -0.2) is 0 Å². The van der Waals surface area contributed by atoms with Crippen LogP contribution in [0.25, 0.3) is 22.5 Å². The van der Waals surface area contributed by atoms with Crippen molar-refractivity contribution in [3.63, 3.8) is 0 Å². The molecule has 7 heteroatoms. The van der Waals surface area contributed by atoms with Crippen LogP contribution in [-0.2, 0) is 0 Å². The number of carbonyl (C=O) groups is 1. The van der Waals surface area contributed by atoms with Crippen LogP contribution in [0.2, 0.25) is 0 Å². The number of carbonyl (C=O) groups excluding carboxylic acids is 1. The molecule has 1 aromatic carbocycles. The summed E-state index contributed by atoms with van der Waals surface area (Å²) in [4.78, 5) is 21.9. The molecule has 5 rings (SSSR count). The molecule has 1 amide bonds. The first kappa shape index (κ1) is 21.9. The van der Waals surface area contributed by atoms with Crippen LogP contribution in [0.1, 0.15) is 67.7 Å². The lowest BCUT2D eigenvalue weighted by Crippen LogP contribution is -2.14. The minimum absolute atomic E-state index is 0.263. The zero-order valence-electron chi connectivity index (χ0n) is 19.5. The van der Waals surface area contributed by atoms with E-state index in [2.05, 4.69) is 56.0 Å². The third-order valence-electron chi connectivity index (χ3n) is 6.65. The second-order valence-corrected chi connectivity index (χ2v) is 8.88. The standard InChI is InChI=1S/C27H28N6O/c1-3-18(2)33-17-30-32-26(33)21-8-5-9-23(14-21)31-27(34)25-15-20(12-13-28-25)22-10-11-24(29-16-22)19-6-4-7-19/h5,8-19H,3-4,6-7H2,1-2H3,(H,31,34)/t18-/m0/s1. The highest BCUT2D eigenvalue weighted by Gasteiger charge is 2.20. The summed E-state index contributed by atoms with van der Waals surface area (Å²) < 4.78 is 2.05. The fourth-order valence-corrected chi connectivity index (χ4v) is 4.16. The highest BCUT2D eigenvalue weighted by molar-refractivity contribution is 6.03. The summed E-state index contributed by atoms with van der Waals surface area (Å²) in [6.45, 7) is 4.26. The third-order valence-corrected chi connectivity index (χ3v) is 6.65. The van der Waals surface area contributed by atoms with Crippen molar-refractivity contribution in [2.45, 2.75) is 51.5 Å². The van der Waals surface area contributed by atoms with E-state index >= 15 is 0 Å². The molecule has 1 aliphatic rings. The second-order valence-electron chi connectivity index (χ2n) is 8.88. The molecule has 3 heterocycles. The molecule has 0 aliphatic heterocycles. The van der Waals surface area contributed by atoms with E-state index in [4.69, 9.17) is 0 Å². The van der Waals surface area contributed by atoms with E-state index in [0.29, 0.717) is 17.3 Å². The number of pyridine rings is 2. The summed E-state index contributed by atoms with van der Waals surface area (Å²) in [5.41, 5.74) is 4.99. The number of aromatic nitrogens is 5. The fourth-order valence-electron chi connectivity index (χ4n) is 4.16. The number of nitrogens with zero attached hydrogens (tertiary/aromatic N) is 5. The largest absolute Gasteiger partial charge is 0.321 e. The molecule has 3 aromatic heterocycles. The van der Waals surface area contributed by atoms with E-state index in [1.54, 1.807) is 18.6 Å². The lowest BCUT2D eigenvalue weighted by Gasteiger charge is -2.24. The number of amides is 1. The monoisotopic (exact) mass is 452 g/mol. The van der Waals surface area contributed by atoms with Crippen LogP contribution in [0.3, 0.4) is 0 Å². The van der Waals surface area contributed by atoms with Crippen LogP contribution >= 0.6 is 0 Å². The first-order chi connectivity index (χ1) is 16.6. The SMILES string of the molecule is CC[C@H](C)n1cnnc1-c1cccc(NC(=O)c2cc(-c3ccc(C4CCC4)nc3)ccn2)c1. The second kappa shape index (κ2) is 9.55. The van der Waals surface area contributed by atoms with Crippen LogP contribution in [-0.4, -0.2) is 30.6 Å². The van der Waals surface area contributed by atoms with Gasteiger partial charge in [-0.1, -0.05) is 31.5 Å². The number of anilines is 1. The molecule has 1 fully saturated rings. The number of hydrogen-bond donors (Lipinski definition) is 1. The molecule has 172 valence electrons. The van der Waals surface area contributed by atoms with Crippen molar-refractivity contribution in [2.24, 2.45) is 0 Å². The van der Waals surface area contributed by atoms with Gasteiger partial charge in [0.15, 0.2) is 5.82 Å². The fraction of sp³-hybridized carbons (Fsp3) is 0.296. The Kier molecular flexibility index (Phi) is 6.16. The van der Waals surface area contributed by atoms with Gasteiger partial charge in [-0.05, 0) is 62.1 Å². The Balaban J connectivity index is 1.33. The molecule has 7 nitrogen and oxygen atoms in total. The van der Waals surface area contributed by atoms with Crippen LogP contribution in [0.15, 0.2) is 67.3 Å². The molecule has 1 saturated carbocycles. The first-order valence-corrected chi connectivity index (χ1v) is 11.9. The van der Waals surface area contributed by atoms with Gasteiger partial charge in [0.05, 0.1) is 0 Å². The molecule has 1 N–H and O–H groups in total. The Morgan fingerprint density at radius 3 is 2.71 bits per heavy atom. The smallest absolute Gasteiger partial charge is 0.274 e. The van der Waals surface area contributed by atoms with Gasteiger partial charge in [0.25, 0.3) is 5.91 Å². The van der Waals surface area contributed by atoms with Crippen molar-refractivity contribution in [1.29, 1.82) is 0 Å². The number of rotatable bonds is 7. The molecule has 4 aromatic rings. The van der Waals surface area contributed by atoms with Crippen LogP contribution in [0.4, 0.5) is 5.69 Å². The van der Waals surface area contributed by atoms with Gasteiger partial charge in [-0.3, -0.25) is 14.8 Å². The Bertz CT molecular complexity index is 1290. The maximum atomic E-state index is 13.0. The van der Waals surface area contributed by atoms with Gasteiger partial charge in [-0.15, -0.1) is 10.2 Å². The van der Waals surface area contributed by atoms with Crippen LogP contribution in [0, 0.1) is 0 Å². The van der Waals surface area contributed by atoms with Gasteiger partial charge in [-0.2, -0.15) is 0 Å². The topological polar surface area (TPSA) is 85.6 Å². The van der Waals surface area contributed by atoms with E-state index in [1.807, 2.05) is 36.5 Å². The quantitative estimate of drug-likeness (QED) is 0.378. The zero-order valence-corrected chi connectivity index (χ0v) is 19.5. The van der Waals surface area contributed by atoms with E-state index < -0.39 is 0 Å². The maximum absolute atomic E-state index is 13.0. The molecule has 0 saturated heterocycles. The summed E-state index contributed by atoms with van der Waals surface area (Å²) in [5, 5.41) is 11.3. The highest BCUT2D eigenvalue weighted by atomic mass is 16.1. The molecule has 0 radical (unpaired) electrons. The maximum Gasteiger partial charge on any atom is 0.274 e. The molecule has 0 spiro atoms. The summed E-state index contributed by atoms with van der Waals surface area (Å²) in [5.74, 6) is 1.12. The minimum Gasteiger partial charge on any atom is -0.321 e. The normalized spacial score (nSPS) is 14.4. The van der Waals surface area contributed by atoms with Crippen LogP contribution in [0.5, 0.6) is 0 Å². The van der Waals surface area contributed by atoms with Gasteiger partial charge in [0.1, 0.15) is 12.0 Å². The van der Waals surface area contributed by atoms with Crippen molar-refractivity contribution >= 4 is 11.6 Å². The average molecular weight is 453 g/mol. The molecule has 1 atom stereocenters. The molecule has 1 aliphatic carbocycles. The first-order valence-electron chi connectivity index (χ1n) is 11.9.